The molecule has 0 bridgehead atoms. The van der Waals surface area contributed by atoms with Gasteiger partial charge in [-0.1, -0.05) is 0 Å². The smallest absolute Gasteiger partial charge is 0.405 e. The van der Waals surface area contributed by atoms with Crippen LogP contribution < -0.4 is 10.1 Å². The number of nitro groups is 1. The van der Waals surface area contributed by atoms with Crippen LogP contribution >= 0.6 is 0 Å². The summed E-state index contributed by atoms with van der Waals surface area (Å²) in [6.07, 6.45) is -4.35. The molecule has 0 spiro atoms. The molecule has 1 N–H and O–H groups in total. The van der Waals surface area contributed by atoms with Crippen LogP contribution in [-0.4, -0.2) is 24.8 Å². The number of methoxy groups -OCH3 is 1. The molecule has 0 heterocycles. The number of nitro benzene ring substituents is 1. The number of benzene rings is 1. The van der Waals surface area contributed by atoms with Gasteiger partial charge in [0, 0.05) is 17.8 Å². The summed E-state index contributed by atoms with van der Waals surface area (Å²) in [6.45, 7) is -1.21. The fourth-order valence-corrected chi connectivity index (χ4v) is 1.14. The van der Waals surface area contributed by atoms with Gasteiger partial charge in [0.05, 0.1) is 12.0 Å². The van der Waals surface area contributed by atoms with E-state index in [9.17, 15) is 23.3 Å². The standard InChI is InChI=1S/C9H9F3N2O3/c1-17-8-4-6(13-5-9(10,11)12)2-3-7(8)14(15)16/h2-4,13H,5H2,1H3. The van der Waals surface area contributed by atoms with Gasteiger partial charge >= 0.3 is 11.9 Å². The summed E-state index contributed by atoms with van der Waals surface area (Å²) in [5.74, 6) is -0.0952. The highest BCUT2D eigenvalue weighted by atomic mass is 19.4. The van der Waals surface area contributed by atoms with Crippen LogP contribution in [0.25, 0.3) is 0 Å². The molecule has 8 heteroatoms. The molecule has 0 unspecified atom stereocenters. The minimum Gasteiger partial charge on any atom is -0.490 e. The quantitative estimate of drug-likeness (QED) is 0.658. The molecule has 1 aromatic carbocycles. The van der Waals surface area contributed by atoms with Crippen LogP contribution in [0, 0.1) is 10.1 Å². The summed E-state index contributed by atoms with van der Waals surface area (Å²) in [5.41, 5.74) is -0.199. The summed E-state index contributed by atoms with van der Waals surface area (Å²) in [5, 5.41) is 12.6. The monoisotopic (exact) mass is 250 g/mol. The molecule has 0 radical (unpaired) electrons. The van der Waals surface area contributed by atoms with Crippen molar-refractivity contribution in [2.24, 2.45) is 0 Å². The Kier molecular flexibility index (Phi) is 3.77. The SMILES string of the molecule is COc1cc(NCC(F)(F)F)ccc1[N+](=O)[O-]. The Morgan fingerprint density at radius 3 is 2.59 bits per heavy atom. The molecule has 0 amide bonds. The van der Waals surface area contributed by atoms with E-state index in [4.69, 9.17) is 4.74 Å². The first-order chi connectivity index (χ1) is 7.83. The predicted molar refractivity (Wildman–Crippen MR) is 54.2 cm³/mol. The number of hydrogen-bond donors (Lipinski definition) is 1. The first-order valence-electron chi connectivity index (χ1n) is 4.46. The summed E-state index contributed by atoms with van der Waals surface area (Å²) in [7, 11) is 1.20. The van der Waals surface area contributed by atoms with Crippen molar-refractivity contribution in [3.63, 3.8) is 0 Å². The number of ether oxygens (including phenoxy) is 1. The lowest BCUT2D eigenvalue weighted by atomic mass is 10.2. The van der Waals surface area contributed by atoms with Gasteiger partial charge in [0.25, 0.3) is 0 Å². The van der Waals surface area contributed by atoms with Crippen molar-refractivity contribution in [3.8, 4) is 5.75 Å². The van der Waals surface area contributed by atoms with Crippen molar-refractivity contribution in [2.75, 3.05) is 19.0 Å². The zero-order valence-electron chi connectivity index (χ0n) is 8.75. The molecule has 0 aliphatic rings. The zero-order valence-corrected chi connectivity index (χ0v) is 8.75. The predicted octanol–water partition coefficient (Wildman–Crippen LogP) is 2.58. The summed E-state index contributed by atoms with van der Waals surface area (Å²) >= 11 is 0. The van der Waals surface area contributed by atoms with E-state index in [-0.39, 0.29) is 17.1 Å². The fraction of sp³-hybridized carbons (Fsp3) is 0.333. The fourth-order valence-electron chi connectivity index (χ4n) is 1.14. The molecule has 0 atom stereocenters. The van der Waals surface area contributed by atoms with Gasteiger partial charge in [0.15, 0.2) is 5.75 Å². The third kappa shape index (κ3) is 3.82. The van der Waals surface area contributed by atoms with Crippen LogP contribution in [0.15, 0.2) is 18.2 Å². The van der Waals surface area contributed by atoms with E-state index in [0.29, 0.717) is 0 Å². The molecule has 17 heavy (non-hydrogen) atoms. The van der Waals surface area contributed by atoms with E-state index < -0.39 is 17.6 Å². The third-order valence-corrected chi connectivity index (χ3v) is 1.87. The van der Waals surface area contributed by atoms with Crippen molar-refractivity contribution in [2.45, 2.75) is 6.18 Å². The molecule has 1 aromatic rings. The van der Waals surface area contributed by atoms with E-state index in [1.165, 1.54) is 13.2 Å². The molecule has 0 fully saturated rings. The molecular weight excluding hydrogens is 241 g/mol. The average molecular weight is 250 g/mol. The Morgan fingerprint density at radius 2 is 2.12 bits per heavy atom. The van der Waals surface area contributed by atoms with Gasteiger partial charge in [-0.15, -0.1) is 0 Å². The van der Waals surface area contributed by atoms with Crippen molar-refractivity contribution < 1.29 is 22.8 Å². The summed E-state index contributed by atoms with van der Waals surface area (Å²) in [4.78, 5) is 9.86. The maximum absolute atomic E-state index is 11.9. The first kappa shape index (κ1) is 13.1. The summed E-state index contributed by atoms with van der Waals surface area (Å²) < 4.78 is 40.5. The van der Waals surface area contributed by atoms with Crippen LogP contribution in [0.1, 0.15) is 0 Å². The maximum atomic E-state index is 11.9. The Hall–Kier alpha value is -1.99. The molecule has 0 saturated heterocycles. The third-order valence-electron chi connectivity index (χ3n) is 1.87. The number of anilines is 1. The number of rotatable bonds is 4. The number of alkyl halides is 3. The topological polar surface area (TPSA) is 64.4 Å². The minimum atomic E-state index is -4.35. The zero-order chi connectivity index (χ0) is 13.1. The van der Waals surface area contributed by atoms with Gasteiger partial charge in [-0.3, -0.25) is 10.1 Å². The highest BCUT2D eigenvalue weighted by Gasteiger charge is 2.27. The van der Waals surface area contributed by atoms with Crippen molar-refractivity contribution in [1.82, 2.24) is 0 Å². The van der Waals surface area contributed by atoms with Gasteiger partial charge in [0.2, 0.25) is 0 Å². The largest absolute Gasteiger partial charge is 0.490 e. The van der Waals surface area contributed by atoms with Gasteiger partial charge in [-0.25, -0.2) is 0 Å². The van der Waals surface area contributed by atoms with Crippen LogP contribution in [0.2, 0.25) is 0 Å². The molecule has 0 saturated carbocycles. The molecular formula is C9H9F3N2O3. The van der Waals surface area contributed by atoms with Crippen LogP contribution in [0.5, 0.6) is 5.75 Å². The molecule has 0 aliphatic carbocycles. The Balaban J connectivity index is 2.87. The Morgan fingerprint density at radius 1 is 1.47 bits per heavy atom. The highest BCUT2D eigenvalue weighted by molar-refractivity contribution is 5.57. The highest BCUT2D eigenvalue weighted by Crippen LogP contribution is 2.30. The second-order valence-corrected chi connectivity index (χ2v) is 3.11. The number of hydrogen-bond acceptors (Lipinski definition) is 4. The molecule has 0 aromatic heterocycles. The number of nitrogens with one attached hydrogen (secondary N) is 1. The maximum Gasteiger partial charge on any atom is 0.405 e. The number of nitrogens with zero attached hydrogens (tertiary/aromatic N) is 1. The Labute approximate surface area is 94.3 Å². The molecule has 0 aliphatic heterocycles. The van der Waals surface area contributed by atoms with Crippen molar-refractivity contribution in [1.29, 1.82) is 0 Å². The van der Waals surface area contributed by atoms with E-state index in [1.807, 2.05) is 0 Å². The van der Waals surface area contributed by atoms with E-state index in [0.717, 1.165) is 12.1 Å². The van der Waals surface area contributed by atoms with Crippen molar-refractivity contribution >= 4 is 11.4 Å². The second kappa shape index (κ2) is 4.89. The van der Waals surface area contributed by atoms with E-state index >= 15 is 0 Å². The van der Waals surface area contributed by atoms with Crippen molar-refractivity contribution in [3.05, 3.63) is 28.3 Å². The normalized spacial score (nSPS) is 11.1. The van der Waals surface area contributed by atoms with Crippen LogP contribution in [0.4, 0.5) is 24.5 Å². The molecule has 5 nitrogen and oxygen atoms in total. The van der Waals surface area contributed by atoms with Crippen LogP contribution in [0.3, 0.4) is 0 Å². The molecule has 1 rings (SSSR count). The van der Waals surface area contributed by atoms with E-state index in [1.54, 1.807) is 0 Å². The van der Waals surface area contributed by atoms with Gasteiger partial charge < -0.3 is 10.1 Å². The van der Waals surface area contributed by atoms with E-state index in [2.05, 4.69) is 5.32 Å². The Bertz CT molecular complexity index is 420. The van der Waals surface area contributed by atoms with Gasteiger partial charge in [-0.05, 0) is 6.07 Å². The number of halogens is 3. The lowest BCUT2D eigenvalue weighted by Gasteiger charge is -2.10. The lowest BCUT2D eigenvalue weighted by Crippen LogP contribution is -2.21. The van der Waals surface area contributed by atoms with Crippen LogP contribution in [-0.2, 0) is 0 Å². The summed E-state index contributed by atoms with van der Waals surface area (Å²) in [6, 6.07) is 3.41. The average Bonchev–Trinajstić information content (AvgIpc) is 2.24. The lowest BCUT2D eigenvalue weighted by molar-refractivity contribution is -0.385. The van der Waals surface area contributed by atoms with Gasteiger partial charge in [-0.2, -0.15) is 13.2 Å². The first-order valence-corrected chi connectivity index (χ1v) is 4.46. The molecule has 94 valence electrons. The minimum absolute atomic E-state index is 0.0952. The second-order valence-electron chi connectivity index (χ2n) is 3.11. The van der Waals surface area contributed by atoms with Gasteiger partial charge in [0.1, 0.15) is 6.54 Å².